The van der Waals surface area contributed by atoms with Crippen molar-refractivity contribution in [1.82, 2.24) is 10.2 Å². The molecule has 1 saturated heterocycles. The molecule has 0 aliphatic carbocycles. The van der Waals surface area contributed by atoms with Gasteiger partial charge in [0.2, 0.25) is 0 Å². The Morgan fingerprint density at radius 2 is 1.53 bits per heavy atom. The van der Waals surface area contributed by atoms with Gasteiger partial charge in [0.1, 0.15) is 6.04 Å². The van der Waals surface area contributed by atoms with Gasteiger partial charge in [-0.25, -0.2) is 9.59 Å². The van der Waals surface area contributed by atoms with Gasteiger partial charge in [0, 0.05) is 13.1 Å². The summed E-state index contributed by atoms with van der Waals surface area (Å²) in [5.41, 5.74) is 0. The summed E-state index contributed by atoms with van der Waals surface area (Å²) in [6.07, 6.45) is 4.44. The molecule has 1 fully saturated rings. The van der Waals surface area contributed by atoms with E-state index in [0.717, 1.165) is 32.1 Å². The van der Waals surface area contributed by atoms with Crippen molar-refractivity contribution in [3.8, 4) is 0 Å². The predicted octanol–water partition coefficient (Wildman–Crippen LogP) is 0.890. The van der Waals surface area contributed by atoms with Gasteiger partial charge in [-0.15, -0.1) is 0 Å². The van der Waals surface area contributed by atoms with Gasteiger partial charge in [0.05, 0.1) is 6.42 Å². The average molecular weight is 272 g/mol. The first kappa shape index (κ1) is 15.3. The molecule has 0 spiro atoms. The van der Waals surface area contributed by atoms with E-state index >= 15 is 0 Å². The maximum absolute atomic E-state index is 11.9. The summed E-state index contributed by atoms with van der Waals surface area (Å²) in [6, 6.07) is -1.87. The molecule has 0 unspecified atom stereocenters. The number of urea groups is 1. The first-order chi connectivity index (χ1) is 9.00. The van der Waals surface area contributed by atoms with Crippen LogP contribution in [0.25, 0.3) is 0 Å². The molecular weight excluding hydrogens is 252 g/mol. The summed E-state index contributed by atoms with van der Waals surface area (Å²) in [6.45, 7) is 1.18. The summed E-state index contributed by atoms with van der Waals surface area (Å²) in [5.74, 6) is -2.58. The number of nitrogens with zero attached hydrogens (tertiary/aromatic N) is 1. The maximum atomic E-state index is 11.9. The van der Waals surface area contributed by atoms with E-state index in [1.165, 1.54) is 0 Å². The number of carbonyl (C=O) groups excluding carboxylic acids is 1. The largest absolute Gasteiger partial charge is 0.481 e. The van der Waals surface area contributed by atoms with E-state index in [4.69, 9.17) is 10.2 Å². The van der Waals surface area contributed by atoms with Crippen LogP contribution in [-0.4, -0.2) is 52.2 Å². The number of likely N-dealkylation sites (tertiary alicyclic amines) is 1. The molecule has 7 nitrogen and oxygen atoms in total. The number of amides is 2. The van der Waals surface area contributed by atoms with Crippen molar-refractivity contribution in [2.24, 2.45) is 0 Å². The van der Waals surface area contributed by atoms with E-state index in [2.05, 4.69) is 5.32 Å². The van der Waals surface area contributed by atoms with Crippen molar-refractivity contribution in [2.75, 3.05) is 13.1 Å². The quantitative estimate of drug-likeness (QED) is 0.704. The number of nitrogens with one attached hydrogen (secondary N) is 1. The molecule has 19 heavy (non-hydrogen) atoms. The van der Waals surface area contributed by atoms with E-state index in [0.29, 0.717) is 13.1 Å². The van der Waals surface area contributed by atoms with Gasteiger partial charge < -0.3 is 20.4 Å². The van der Waals surface area contributed by atoms with Crippen molar-refractivity contribution in [3.05, 3.63) is 0 Å². The molecule has 1 heterocycles. The fourth-order valence-electron chi connectivity index (χ4n) is 2.07. The van der Waals surface area contributed by atoms with Crippen molar-refractivity contribution < 1.29 is 24.6 Å². The lowest BCUT2D eigenvalue weighted by molar-refractivity contribution is -0.145. The van der Waals surface area contributed by atoms with E-state index in [9.17, 15) is 14.4 Å². The number of carboxylic acid groups (broad SMARTS) is 2. The molecule has 0 radical (unpaired) electrons. The van der Waals surface area contributed by atoms with Crippen LogP contribution in [0.5, 0.6) is 0 Å². The Bertz CT molecular complexity index is 337. The van der Waals surface area contributed by atoms with Gasteiger partial charge in [-0.1, -0.05) is 19.3 Å². The lowest BCUT2D eigenvalue weighted by Gasteiger charge is -2.26. The summed E-state index contributed by atoms with van der Waals surface area (Å²) in [5, 5.41) is 19.8. The minimum atomic E-state index is -1.38. The highest BCUT2D eigenvalue weighted by molar-refractivity contribution is 5.86. The highest BCUT2D eigenvalue weighted by Crippen LogP contribution is 2.10. The van der Waals surface area contributed by atoms with Crippen LogP contribution < -0.4 is 5.32 Å². The Balaban J connectivity index is 2.53. The summed E-state index contributed by atoms with van der Waals surface area (Å²) < 4.78 is 0. The van der Waals surface area contributed by atoms with Crippen LogP contribution in [0.4, 0.5) is 4.79 Å². The third kappa shape index (κ3) is 5.58. The number of hydrogen-bond donors (Lipinski definition) is 3. The topological polar surface area (TPSA) is 107 Å². The van der Waals surface area contributed by atoms with Crippen LogP contribution in [0.1, 0.15) is 38.5 Å². The van der Waals surface area contributed by atoms with Crippen LogP contribution in [0, 0.1) is 0 Å². The fraction of sp³-hybridized carbons (Fsp3) is 0.750. The molecular formula is C12H20N2O5. The SMILES string of the molecule is O=C(O)C[C@H](NC(=O)N1CCCCCCC1)C(=O)O. The molecule has 1 atom stereocenters. The molecule has 1 aliphatic rings. The molecule has 0 bridgehead atoms. The minimum absolute atomic E-state index is 0.490. The highest BCUT2D eigenvalue weighted by atomic mass is 16.4. The predicted molar refractivity (Wildman–Crippen MR) is 66.9 cm³/mol. The first-order valence-electron chi connectivity index (χ1n) is 6.50. The lowest BCUT2D eigenvalue weighted by Crippen LogP contribution is -2.49. The van der Waals surface area contributed by atoms with Crippen LogP contribution in [0.15, 0.2) is 0 Å². The minimum Gasteiger partial charge on any atom is -0.481 e. The van der Waals surface area contributed by atoms with Gasteiger partial charge in [-0.05, 0) is 12.8 Å². The van der Waals surface area contributed by atoms with Gasteiger partial charge in [-0.2, -0.15) is 0 Å². The van der Waals surface area contributed by atoms with E-state index < -0.39 is 30.4 Å². The second-order valence-electron chi connectivity index (χ2n) is 4.69. The number of rotatable bonds is 4. The van der Waals surface area contributed by atoms with Crippen LogP contribution in [0.2, 0.25) is 0 Å². The Morgan fingerprint density at radius 1 is 1.00 bits per heavy atom. The third-order valence-corrected chi connectivity index (χ3v) is 3.12. The van der Waals surface area contributed by atoms with Gasteiger partial charge >= 0.3 is 18.0 Å². The second kappa shape index (κ2) is 7.60. The van der Waals surface area contributed by atoms with Crippen LogP contribution in [0.3, 0.4) is 0 Å². The molecule has 1 rings (SSSR count). The van der Waals surface area contributed by atoms with Gasteiger partial charge in [-0.3, -0.25) is 4.79 Å². The molecule has 1 aliphatic heterocycles. The zero-order valence-electron chi connectivity index (χ0n) is 10.8. The van der Waals surface area contributed by atoms with E-state index in [1.54, 1.807) is 4.90 Å². The summed E-state index contributed by atoms with van der Waals surface area (Å²) in [7, 11) is 0. The summed E-state index contributed by atoms with van der Waals surface area (Å²) in [4.78, 5) is 34.9. The van der Waals surface area contributed by atoms with Crippen molar-refractivity contribution in [1.29, 1.82) is 0 Å². The molecule has 7 heteroatoms. The molecule has 0 aromatic carbocycles. The zero-order valence-corrected chi connectivity index (χ0v) is 10.8. The smallest absolute Gasteiger partial charge is 0.326 e. The molecule has 3 N–H and O–H groups in total. The third-order valence-electron chi connectivity index (χ3n) is 3.12. The standard InChI is InChI=1S/C12H20N2O5/c15-10(16)8-9(11(17)18)13-12(19)14-6-4-2-1-3-5-7-14/h9H,1-8H2,(H,13,19)(H,15,16)(H,17,18)/t9-/m0/s1. The monoisotopic (exact) mass is 272 g/mol. The van der Waals surface area contributed by atoms with Crippen LogP contribution in [-0.2, 0) is 9.59 Å². The molecule has 0 aromatic rings. The van der Waals surface area contributed by atoms with Crippen molar-refractivity contribution in [2.45, 2.75) is 44.6 Å². The second-order valence-corrected chi connectivity index (χ2v) is 4.69. The zero-order chi connectivity index (χ0) is 14.3. The fourth-order valence-corrected chi connectivity index (χ4v) is 2.07. The molecule has 108 valence electrons. The molecule has 0 aromatic heterocycles. The number of aliphatic carboxylic acids is 2. The van der Waals surface area contributed by atoms with Crippen molar-refractivity contribution >= 4 is 18.0 Å². The number of hydrogen-bond acceptors (Lipinski definition) is 3. The van der Waals surface area contributed by atoms with Gasteiger partial charge in [0.15, 0.2) is 0 Å². The van der Waals surface area contributed by atoms with E-state index in [-0.39, 0.29) is 0 Å². The van der Waals surface area contributed by atoms with Crippen LogP contribution >= 0.6 is 0 Å². The Hall–Kier alpha value is -1.79. The average Bonchev–Trinajstić information content (AvgIpc) is 2.26. The van der Waals surface area contributed by atoms with Gasteiger partial charge in [0.25, 0.3) is 0 Å². The van der Waals surface area contributed by atoms with Crippen molar-refractivity contribution in [3.63, 3.8) is 0 Å². The van der Waals surface area contributed by atoms with E-state index in [1.807, 2.05) is 0 Å². The molecule has 0 saturated carbocycles. The molecule has 2 amide bonds. The highest BCUT2D eigenvalue weighted by Gasteiger charge is 2.25. The normalized spacial score (nSPS) is 18.0. The first-order valence-corrected chi connectivity index (χ1v) is 6.50. The Morgan fingerprint density at radius 3 is 2.00 bits per heavy atom. The Labute approximate surface area is 111 Å². The number of carbonyl (C=O) groups is 3. The lowest BCUT2D eigenvalue weighted by atomic mass is 10.1. The summed E-state index contributed by atoms with van der Waals surface area (Å²) >= 11 is 0. The number of carboxylic acids is 2. The Kier molecular flexibility index (Phi) is 6.11. The maximum Gasteiger partial charge on any atom is 0.326 e.